The molecular formula is C20H25BrN2O6S2. The van der Waals surface area contributed by atoms with E-state index in [2.05, 4.69) is 25.4 Å². The highest BCUT2D eigenvalue weighted by Crippen LogP contribution is 2.15. The minimum absolute atomic E-state index is 0.0502. The van der Waals surface area contributed by atoms with Crippen molar-refractivity contribution in [2.45, 2.75) is 42.0 Å². The van der Waals surface area contributed by atoms with Crippen LogP contribution in [0.2, 0.25) is 0 Å². The highest BCUT2D eigenvalue weighted by atomic mass is 79.9. The van der Waals surface area contributed by atoms with Crippen molar-refractivity contribution in [2.75, 3.05) is 13.7 Å². The summed E-state index contributed by atoms with van der Waals surface area (Å²) in [4.78, 5) is 12.2. The number of esters is 1. The van der Waals surface area contributed by atoms with Crippen molar-refractivity contribution in [1.82, 2.24) is 9.44 Å². The molecule has 31 heavy (non-hydrogen) atoms. The molecule has 0 radical (unpaired) electrons. The van der Waals surface area contributed by atoms with Crippen LogP contribution in [0.15, 0.2) is 62.8 Å². The van der Waals surface area contributed by atoms with Crippen LogP contribution >= 0.6 is 15.9 Å². The van der Waals surface area contributed by atoms with Crippen LogP contribution in [0, 0.1) is 6.92 Å². The highest BCUT2D eigenvalue weighted by molar-refractivity contribution is 9.10. The summed E-state index contributed by atoms with van der Waals surface area (Å²) in [5.74, 6) is -0.703. The molecule has 170 valence electrons. The summed E-state index contributed by atoms with van der Waals surface area (Å²) < 4.78 is 60.0. The number of nitrogens with one attached hydrogen (secondary N) is 2. The first-order valence-corrected chi connectivity index (χ1v) is 13.2. The van der Waals surface area contributed by atoms with Gasteiger partial charge in [-0.3, -0.25) is 4.79 Å². The summed E-state index contributed by atoms with van der Waals surface area (Å²) in [6, 6.07) is 11.4. The van der Waals surface area contributed by atoms with E-state index < -0.39 is 32.1 Å². The number of carbonyl (C=O) groups excluding carboxylic acids is 1. The Balaban J connectivity index is 1.91. The Morgan fingerprint density at radius 1 is 0.935 bits per heavy atom. The number of methoxy groups -OCH3 is 1. The summed E-state index contributed by atoms with van der Waals surface area (Å²) in [5, 5.41) is 0. The van der Waals surface area contributed by atoms with Gasteiger partial charge in [-0.2, -0.15) is 4.72 Å². The Hall–Kier alpha value is -1.79. The molecule has 0 aromatic heterocycles. The average molecular weight is 533 g/mol. The monoisotopic (exact) mass is 532 g/mol. The highest BCUT2D eigenvalue weighted by Gasteiger charge is 2.26. The molecule has 0 aliphatic rings. The lowest BCUT2D eigenvalue weighted by Gasteiger charge is -2.17. The number of carbonyl (C=O) groups is 1. The summed E-state index contributed by atoms with van der Waals surface area (Å²) in [6.07, 6.45) is 0.979. The Morgan fingerprint density at radius 2 is 1.48 bits per heavy atom. The van der Waals surface area contributed by atoms with E-state index in [0.717, 1.165) is 10.0 Å². The molecule has 0 heterocycles. The minimum Gasteiger partial charge on any atom is -0.468 e. The van der Waals surface area contributed by atoms with E-state index in [4.69, 9.17) is 4.74 Å². The standard InChI is InChI=1S/C20H25BrN2O6S2/c1-15-6-10-18(11-7-15)31(27,28)23-19(20(24)29-2)5-3-4-14-22-30(25,26)17-12-8-16(21)9-13-17/h6-13,19,22-23H,3-5,14H2,1-2H3. The van der Waals surface area contributed by atoms with Crippen molar-refractivity contribution in [3.05, 3.63) is 58.6 Å². The van der Waals surface area contributed by atoms with Crippen molar-refractivity contribution in [2.24, 2.45) is 0 Å². The predicted molar refractivity (Wildman–Crippen MR) is 120 cm³/mol. The normalized spacial score (nSPS) is 13.0. The largest absolute Gasteiger partial charge is 0.468 e. The third-order valence-corrected chi connectivity index (χ3v) is 7.94. The van der Waals surface area contributed by atoms with Gasteiger partial charge in [0.25, 0.3) is 0 Å². The van der Waals surface area contributed by atoms with Crippen molar-refractivity contribution < 1.29 is 26.4 Å². The van der Waals surface area contributed by atoms with Gasteiger partial charge in [-0.25, -0.2) is 21.6 Å². The number of unbranched alkanes of at least 4 members (excludes halogenated alkanes) is 1. The Bertz CT molecular complexity index is 1090. The van der Waals surface area contributed by atoms with Gasteiger partial charge < -0.3 is 4.74 Å². The smallest absolute Gasteiger partial charge is 0.323 e. The molecule has 2 rings (SSSR count). The van der Waals surface area contributed by atoms with E-state index in [1.165, 1.54) is 31.4 Å². The molecule has 1 unspecified atom stereocenters. The van der Waals surface area contributed by atoms with E-state index in [0.29, 0.717) is 12.8 Å². The maximum absolute atomic E-state index is 12.6. The number of halogens is 1. The van der Waals surface area contributed by atoms with Gasteiger partial charge in [0, 0.05) is 11.0 Å². The third kappa shape index (κ3) is 7.69. The minimum atomic E-state index is -3.90. The second-order valence-corrected chi connectivity index (χ2v) is 11.3. The predicted octanol–water partition coefficient (Wildman–Crippen LogP) is 2.73. The molecule has 0 amide bonds. The van der Waals surface area contributed by atoms with Gasteiger partial charge >= 0.3 is 5.97 Å². The number of ether oxygens (including phenoxy) is 1. The molecule has 0 aliphatic heterocycles. The molecule has 2 aromatic rings. The van der Waals surface area contributed by atoms with E-state index in [9.17, 15) is 21.6 Å². The fourth-order valence-electron chi connectivity index (χ4n) is 2.72. The van der Waals surface area contributed by atoms with Crippen molar-refractivity contribution in [3.8, 4) is 0 Å². The van der Waals surface area contributed by atoms with Gasteiger partial charge in [0.05, 0.1) is 16.9 Å². The molecule has 2 N–H and O–H groups in total. The Morgan fingerprint density at radius 3 is 2.06 bits per heavy atom. The number of rotatable bonds is 11. The first kappa shape index (κ1) is 25.5. The first-order valence-electron chi connectivity index (χ1n) is 9.47. The number of hydrogen-bond donors (Lipinski definition) is 2. The van der Waals surface area contributed by atoms with E-state index in [1.54, 1.807) is 24.3 Å². The molecule has 11 heteroatoms. The molecule has 0 bridgehead atoms. The van der Waals surface area contributed by atoms with Crippen molar-refractivity contribution in [3.63, 3.8) is 0 Å². The first-order chi connectivity index (χ1) is 14.5. The fraction of sp³-hybridized carbons (Fsp3) is 0.350. The summed E-state index contributed by atoms with van der Waals surface area (Å²) in [6.45, 7) is 1.99. The molecule has 0 spiro atoms. The molecular weight excluding hydrogens is 508 g/mol. The summed E-state index contributed by atoms with van der Waals surface area (Å²) >= 11 is 3.25. The maximum Gasteiger partial charge on any atom is 0.323 e. The number of sulfonamides is 2. The molecule has 2 aromatic carbocycles. The van der Waals surface area contributed by atoms with Gasteiger partial charge in [-0.1, -0.05) is 33.6 Å². The lowest BCUT2D eigenvalue weighted by Crippen LogP contribution is -2.41. The Labute approximate surface area is 191 Å². The van der Waals surface area contributed by atoms with Crippen LogP contribution in [-0.4, -0.2) is 42.5 Å². The van der Waals surface area contributed by atoms with Gasteiger partial charge in [0.2, 0.25) is 20.0 Å². The second-order valence-electron chi connectivity index (χ2n) is 6.86. The zero-order valence-electron chi connectivity index (χ0n) is 17.2. The van der Waals surface area contributed by atoms with E-state index in [-0.39, 0.29) is 22.8 Å². The second kappa shape index (κ2) is 11.2. The van der Waals surface area contributed by atoms with E-state index in [1.807, 2.05) is 6.92 Å². The molecule has 0 aliphatic carbocycles. The lowest BCUT2D eigenvalue weighted by molar-refractivity contribution is -0.142. The van der Waals surface area contributed by atoms with Crippen LogP contribution in [0.5, 0.6) is 0 Å². The van der Waals surface area contributed by atoms with Gasteiger partial charge in [-0.05, 0) is 62.6 Å². The van der Waals surface area contributed by atoms with Crippen LogP contribution < -0.4 is 9.44 Å². The van der Waals surface area contributed by atoms with E-state index >= 15 is 0 Å². The van der Waals surface area contributed by atoms with Gasteiger partial charge in [0.15, 0.2) is 0 Å². The topological polar surface area (TPSA) is 119 Å². The quantitative estimate of drug-likeness (QED) is 0.339. The van der Waals surface area contributed by atoms with Gasteiger partial charge in [-0.15, -0.1) is 0 Å². The molecule has 8 nitrogen and oxygen atoms in total. The van der Waals surface area contributed by atoms with Crippen molar-refractivity contribution >= 4 is 41.9 Å². The lowest BCUT2D eigenvalue weighted by atomic mass is 10.1. The van der Waals surface area contributed by atoms with Gasteiger partial charge in [0.1, 0.15) is 6.04 Å². The average Bonchev–Trinajstić information content (AvgIpc) is 2.72. The summed E-state index contributed by atoms with van der Waals surface area (Å²) in [7, 11) is -6.36. The molecule has 0 fully saturated rings. The van der Waals surface area contributed by atoms with Crippen LogP contribution in [-0.2, 0) is 29.6 Å². The fourth-order valence-corrected chi connectivity index (χ4v) is 5.27. The number of hydrogen-bond acceptors (Lipinski definition) is 6. The number of aryl methyl sites for hydroxylation is 1. The van der Waals surface area contributed by atoms with Crippen LogP contribution in [0.3, 0.4) is 0 Å². The maximum atomic E-state index is 12.6. The molecule has 1 atom stereocenters. The third-order valence-electron chi connectivity index (χ3n) is 4.45. The zero-order valence-corrected chi connectivity index (χ0v) is 20.4. The van der Waals surface area contributed by atoms with Crippen molar-refractivity contribution in [1.29, 1.82) is 0 Å². The summed E-state index contributed by atoms with van der Waals surface area (Å²) in [5.41, 5.74) is 0.911. The van der Waals surface area contributed by atoms with Crippen LogP contribution in [0.25, 0.3) is 0 Å². The SMILES string of the molecule is COC(=O)C(CCCCNS(=O)(=O)c1ccc(Br)cc1)NS(=O)(=O)c1ccc(C)cc1. The molecule has 0 saturated heterocycles. The van der Waals surface area contributed by atoms with Crippen LogP contribution in [0.1, 0.15) is 24.8 Å². The Kier molecular flexibility index (Phi) is 9.19. The number of benzene rings is 2. The van der Waals surface area contributed by atoms with Crippen LogP contribution in [0.4, 0.5) is 0 Å². The zero-order chi connectivity index (χ0) is 23.1. The molecule has 0 saturated carbocycles.